The van der Waals surface area contributed by atoms with Crippen LogP contribution in [-0.2, 0) is 6.42 Å². The molecule has 0 aromatic heterocycles. The van der Waals surface area contributed by atoms with Gasteiger partial charge in [-0.3, -0.25) is 0 Å². The zero-order chi connectivity index (χ0) is 16.0. The van der Waals surface area contributed by atoms with Crippen molar-refractivity contribution in [2.45, 2.75) is 77.6 Å². The minimum absolute atomic E-state index is 0.448. The number of benzene rings is 1. The Morgan fingerprint density at radius 3 is 2.87 bits per heavy atom. The second-order valence-corrected chi connectivity index (χ2v) is 8.76. The van der Waals surface area contributed by atoms with Crippen molar-refractivity contribution in [3.8, 4) is 5.75 Å². The Hall–Kier alpha value is -0.980. The Morgan fingerprint density at radius 2 is 2.04 bits per heavy atom. The minimum Gasteiger partial charge on any atom is -0.508 e. The first-order chi connectivity index (χ1) is 11.1. The number of hydrogen-bond donors (Lipinski definition) is 1. The molecule has 1 N–H and O–H groups in total. The van der Waals surface area contributed by atoms with Gasteiger partial charge in [-0.1, -0.05) is 32.8 Å². The lowest BCUT2D eigenvalue weighted by Crippen LogP contribution is -2.42. The highest BCUT2D eigenvalue weighted by atomic mass is 16.3. The average Bonchev–Trinajstić information content (AvgIpc) is 2.89. The van der Waals surface area contributed by atoms with E-state index in [2.05, 4.69) is 19.9 Å². The largest absolute Gasteiger partial charge is 0.508 e. The van der Waals surface area contributed by atoms with E-state index >= 15 is 0 Å². The van der Waals surface area contributed by atoms with Crippen molar-refractivity contribution in [3.05, 3.63) is 29.3 Å². The molecule has 1 nitrogen and oxygen atoms in total. The van der Waals surface area contributed by atoms with E-state index in [1.165, 1.54) is 63.4 Å². The van der Waals surface area contributed by atoms with Crippen molar-refractivity contribution in [1.82, 2.24) is 0 Å². The lowest BCUT2D eigenvalue weighted by molar-refractivity contribution is 0.0253. The highest BCUT2D eigenvalue weighted by Crippen LogP contribution is 2.63. The van der Waals surface area contributed by atoms with Crippen molar-refractivity contribution < 1.29 is 5.11 Å². The number of unbranched alkanes of at least 4 members (excludes halogenated alkanes) is 1. The van der Waals surface area contributed by atoms with Gasteiger partial charge in [0.05, 0.1) is 0 Å². The lowest BCUT2D eigenvalue weighted by Gasteiger charge is -2.51. The monoisotopic (exact) mass is 312 g/mol. The van der Waals surface area contributed by atoms with Crippen molar-refractivity contribution in [3.63, 3.8) is 0 Å². The van der Waals surface area contributed by atoms with Crippen LogP contribution in [0.3, 0.4) is 0 Å². The highest BCUT2D eigenvalue weighted by Gasteiger charge is 2.54. The standard InChI is InChI=1S/C22H32O/c1-3-4-5-16-7-11-21-20-9-6-15-14-17(23)8-10-18(15)19(20)12-13-22(16,21)2/h8,10,14,16,19-21,23H,3-7,9,11-13H2,1-2H3/t16-,19?,20?,21?,22+/m0/s1. The quantitative estimate of drug-likeness (QED) is 0.719. The van der Waals surface area contributed by atoms with Crippen molar-refractivity contribution >= 4 is 0 Å². The zero-order valence-corrected chi connectivity index (χ0v) is 14.9. The summed E-state index contributed by atoms with van der Waals surface area (Å²) in [5.74, 6) is 4.04. The molecule has 0 radical (unpaired) electrons. The van der Waals surface area contributed by atoms with Crippen LogP contribution in [-0.4, -0.2) is 5.11 Å². The number of fused-ring (bicyclic) bond motifs is 5. The van der Waals surface area contributed by atoms with Crippen LogP contribution in [0.15, 0.2) is 18.2 Å². The van der Waals surface area contributed by atoms with Gasteiger partial charge in [-0.15, -0.1) is 0 Å². The molecule has 2 saturated carbocycles. The third kappa shape index (κ3) is 2.42. The number of aromatic hydroxyl groups is 1. The first-order valence-electron chi connectivity index (χ1n) is 9.95. The first-order valence-corrected chi connectivity index (χ1v) is 9.95. The normalized spacial score (nSPS) is 38.7. The van der Waals surface area contributed by atoms with Gasteiger partial charge in [-0.2, -0.15) is 0 Å². The van der Waals surface area contributed by atoms with Crippen molar-refractivity contribution in [1.29, 1.82) is 0 Å². The Kier molecular flexibility index (Phi) is 3.94. The summed E-state index contributed by atoms with van der Waals surface area (Å²) in [6.07, 6.45) is 12.5. The topological polar surface area (TPSA) is 20.2 Å². The van der Waals surface area contributed by atoms with E-state index in [-0.39, 0.29) is 0 Å². The number of rotatable bonds is 3. The second-order valence-electron chi connectivity index (χ2n) is 8.76. The Labute approximate surface area is 141 Å². The van der Waals surface area contributed by atoms with Gasteiger partial charge in [0.15, 0.2) is 0 Å². The lowest BCUT2D eigenvalue weighted by atomic mass is 9.54. The van der Waals surface area contributed by atoms with E-state index in [0.29, 0.717) is 11.2 Å². The molecule has 0 bridgehead atoms. The Balaban J connectivity index is 1.59. The van der Waals surface area contributed by atoms with E-state index < -0.39 is 0 Å². The maximum absolute atomic E-state index is 9.79. The molecule has 2 fully saturated rings. The number of phenols is 1. The summed E-state index contributed by atoms with van der Waals surface area (Å²) in [7, 11) is 0. The molecule has 1 aromatic carbocycles. The summed E-state index contributed by atoms with van der Waals surface area (Å²) in [5, 5.41) is 9.79. The summed E-state index contributed by atoms with van der Waals surface area (Å²) in [6.45, 7) is 4.96. The van der Waals surface area contributed by atoms with E-state index in [9.17, 15) is 5.11 Å². The molecule has 3 aliphatic carbocycles. The molecule has 1 aromatic rings. The molecule has 3 unspecified atom stereocenters. The van der Waals surface area contributed by atoms with E-state index in [4.69, 9.17) is 0 Å². The predicted octanol–water partition coefficient (Wildman–Crippen LogP) is 6.05. The van der Waals surface area contributed by atoms with Crippen LogP contribution in [0.5, 0.6) is 5.75 Å². The van der Waals surface area contributed by atoms with Crippen LogP contribution in [0.25, 0.3) is 0 Å². The van der Waals surface area contributed by atoms with Crippen LogP contribution in [0.4, 0.5) is 0 Å². The molecule has 4 rings (SSSR count). The number of aryl methyl sites for hydroxylation is 1. The average molecular weight is 312 g/mol. The van der Waals surface area contributed by atoms with Gasteiger partial charge in [0.2, 0.25) is 0 Å². The Bertz CT molecular complexity index is 577. The predicted molar refractivity (Wildman–Crippen MR) is 95.7 cm³/mol. The highest BCUT2D eigenvalue weighted by molar-refractivity contribution is 5.40. The van der Waals surface area contributed by atoms with Gasteiger partial charge in [-0.25, -0.2) is 0 Å². The summed E-state index contributed by atoms with van der Waals surface area (Å²) in [6, 6.07) is 6.17. The molecule has 0 aliphatic heterocycles. The molecule has 126 valence electrons. The molecular formula is C22H32O. The number of phenolic OH excluding ortho intramolecular Hbond substituents is 1. The molecule has 5 atom stereocenters. The van der Waals surface area contributed by atoms with Crippen LogP contribution >= 0.6 is 0 Å². The van der Waals surface area contributed by atoms with E-state index in [0.717, 1.165) is 23.7 Å². The van der Waals surface area contributed by atoms with Gasteiger partial charge in [0.25, 0.3) is 0 Å². The third-order valence-corrected chi connectivity index (χ3v) is 7.81. The third-order valence-electron chi connectivity index (χ3n) is 7.81. The maximum atomic E-state index is 9.79. The Morgan fingerprint density at radius 1 is 1.17 bits per heavy atom. The van der Waals surface area contributed by atoms with Gasteiger partial charge in [-0.05, 0) is 97.3 Å². The summed E-state index contributed by atoms with van der Waals surface area (Å²) in [5.41, 5.74) is 3.61. The van der Waals surface area contributed by atoms with Crippen LogP contribution in [0.2, 0.25) is 0 Å². The van der Waals surface area contributed by atoms with Gasteiger partial charge < -0.3 is 5.11 Å². The minimum atomic E-state index is 0.448. The van der Waals surface area contributed by atoms with Crippen LogP contribution in [0, 0.1) is 23.2 Å². The fourth-order valence-corrected chi connectivity index (χ4v) is 6.60. The smallest absolute Gasteiger partial charge is 0.115 e. The zero-order valence-electron chi connectivity index (χ0n) is 14.9. The van der Waals surface area contributed by atoms with Crippen molar-refractivity contribution in [2.24, 2.45) is 23.2 Å². The van der Waals surface area contributed by atoms with E-state index in [1.54, 1.807) is 5.56 Å². The van der Waals surface area contributed by atoms with Gasteiger partial charge in [0, 0.05) is 0 Å². The summed E-state index contributed by atoms with van der Waals surface area (Å²) < 4.78 is 0. The van der Waals surface area contributed by atoms with Gasteiger partial charge >= 0.3 is 0 Å². The van der Waals surface area contributed by atoms with Crippen molar-refractivity contribution in [2.75, 3.05) is 0 Å². The molecule has 23 heavy (non-hydrogen) atoms. The molecule has 3 aliphatic rings. The SMILES string of the molecule is CCCC[C@H]1CCC2C3CCc4cc(O)ccc4C3CC[C@@]21C. The fraction of sp³-hybridized carbons (Fsp3) is 0.727. The maximum Gasteiger partial charge on any atom is 0.115 e. The summed E-state index contributed by atoms with van der Waals surface area (Å²) in [4.78, 5) is 0. The summed E-state index contributed by atoms with van der Waals surface area (Å²) >= 11 is 0. The van der Waals surface area contributed by atoms with E-state index in [1.807, 2.05) is 12.1 Å². The van der Waals surface area contributed by atoms with Crippen LogP contribution in [0.1, 0.15) is 82.3 Å². The molecular weight excluding hydrogens is 280 g/mol. The first kappa shape index (κ1) is 15.5. The fourth-order valence-electron chi connectivity index (χ4n) is 6.60. The molecule has 0 heterocycles. The number of hydrogen-bond acceptors (Lipinski definition) is 1. The molecule has 0 amide bonds. The van der Waals surface area contributed by atoms with Gasteiger partial charge in [0.1, 0.15) is 5.75 Å². The molecule has 0 spiro atoms. The second kappa shape index (κ2) is 5.83. The molecule has 1 heteroatoms. The molecule has 0 saturated heterocycles. The van der Waals surface area contributed by atoms with Crippen LogP contribution < -0.4 is 0 Å².